The smallest absolute Gasteiger partial charge is 0.338 e. The number of thiazole rings is 1. The van der Waals surface area contributed by atoms with Gasteiger partial charge in [0.15, 0.2) is 4.80 Å². The van der Waals surface area contributed by atoms with Gasteiger partial charge in [-0.1, -0.05) is 72.0 Å². The summed E-state index contributed by atoms with van der Waals surface area (Å²) in [4.78, 5) is 32.4. The molecule has 0 fully saturated rings. The van der Waals surface area contributed by atoms with E-state index in [0.717, 1.165) is 33.3 Å². The average molecular weight is 566 g/mol. The Kier molecular flexibility index (Phi) is 7.01. The maximum atomic E-state index is 14.1. The molecule has 0 aliphatic carbocycles. The number of esters is 1. The van der Waals surface area contributed by atoms with Crippen molar-refractivity contribution in [1.82, 2.24) is 9.13 Å². The summed E-state index contributed by atoms with van der Waals surface area (Å²) in [5.74, 6) is -0.745. The molecule has 6 rings (SSSR count). The van der Waals surface area contributed by atoms with Crippen LogP contribution in [0, 0.1) is 12.7 Å². The monoisotopic (exact) mass is 565 g/mol. The molecule has 3 heterocycles. The van der Waals surface area contributed by atoms with Crippen molar-refractivity contribution in [1.29, 1.82) is 0 Å². The molecule has 0 unspecified atom stereocenters. The Morgan fingerprint density at radius 3 is 2.46 bits per heavy atom. The molecule has 0 saturated heterocycles. The van der Waals surface area contributed by atoms with Crippen LogP contribution in [0.1, 0.15) is 42.3 Å². The number of rotatable bonds is 6. The lowest BCUT2D eigenvalue weighted by atomic mass is 9.96. The van der Waals surface area contributed by atoms with Crippen LogP contribution < -0.4 is 14.9 Å². The fraction of sp³-hybridized carbons (Fsp3) is 0.182. The highest BCUT2D eigenvalue weighted by molar-refractivity contribution is 7.07. The van der Waals surface area contributed by atoms with Gasteiger partial charge >= 0.3 is 5.97 Å². The second kappa shape index (κ2) is 10.8. The van der Waals surface area contributed by atoms with Crippen LogP contribution in [0.5, 0.6) is 0 Å². The molecule has 0 N–H and O–H groups in total. The summed E-state index contributed by atoms with van der Waals surface area (Å²) in [5.41, 5.74) is 5.43. The number of hydrogen-bond acceptors (Lipinski definition) is 5. The number of aromatic nitrogens is 2. The van der Waals surface area contributed by atoms with Gasteiger partial charge in [-0.3, -0.25) is 9.36 Å². The maximum Gasteiger partial charge on any atom is 0.338 e. The molecule has 1 aliphatic rings. The number of para-hydroxylation sites is 1. The Balaban J connectivity index is 1.54. The van der Waals surface area contributed by atoms with Crippen LogP contribution >= 0.6 is 11.3 Å². The minimum absolute atomic E-state index is 0.216. The molecule has 0 saturated carbocycles. The molecule has 5 aromatic rings. The normalized spacial score (nSPS) is 15.2. The van der Waals surface area contributed by atoms with Crippen LogP contribution in [0.4, 0.5) is 4.39 Å². The third-order valence-electron chi connectivity index (χ3n) is 7.44. The quantitative estimate of drug-likeness (QED) is 0.264. The van der Waals surface area contributed by atoms with E-state index in [1.54, 1.807) is 30.5 Å². The molecular weight excluding hydrogens is 537 g/mol. The van der Waals surface area contributed by atoms with Gasteiger partial charge in [-0.05, 0) is 56.2 Å². The summed E-state index contributed by atoms with van der Waals surface area (Å²) < 4.78 is 23.2. The molecule has 41 heavy (non-hydrogen) atoms. The zero-order chi connectivity index (χ0) is 28.7. The van der Waals surface area contributed by atoms with E-state index in [4.69, 9.17) is 4.74 Å². The summed E-state index contributed by atoms with van der Waals surface area (Å²) in [6, 6.07) is 23.4. The van der Waals surface area contributed by atoms with Crippen LogP contribution in [-0.4, -0.2) is 21.7 Å². The van der Waals surface area contributed by atoms with E-state index in [9.17, 15) is 14.0 Å². The van der Waals surface area contributed by atoms with Crippen LogP contribution in [-0.2, 0) is 16.1 Å². The molecule has 0 bridgehead atoms. The van der Waals surface area contributed by atoms with E-state index in [1.165, 1.54) is 23.5 Å². The number of hydrogen-bond donors (Lipinski definition) is 0. The molecule has 0 radical (unpaired) electrons. The molecule has 0 amide bonds. The molecule has 8 heteroatoms. The fourth-order valence-electron chi connectivity index (χ4n) is 5.49. The Bertz CT molecular complexity index is 2000. The second-order valence-corrected chi connectivity index (χ2v) is 11.0. The highest BCUT2D eigenvalue weighted by Crippen LogP contribution is 2.31. The molecule has 1 aliphatic heterocycles. The van der Waals surface area contributed by atoms with Gasteiger partial charge in [0.2, 0.25) is 0 Å². The number of carbonyl (C=O) groups is 1. The van der Waals surface area contributed by atoms with Gasteiger partial charge in [0.25, 0.3) is 5.56 Å². The summed E-state index contributed by atoms with van der Waals surface area (Å²) in [7, 11) is 0. The largest absolute Gasteiger partial charge is 0.463 e. The summed E-state index contributed by atoms with van der Waals surface area (Å²) in [5, 5.41) is 1.01. The van der Waals surface area contributed by atoms with E-state index in [-0.39, 0.29) is 18.0 Å². The minimum atomic E-state index is -0.644. The molecule has 206 valence electrons. The first kappa shape index (κ1) is 26.7. The van der Waals surface area contributed by atoms with E-state index in [2.05, 4.69) is 15.6 Å². The van der Waals surface area contributed by atoms with Gasteiger partial charge in [0, 0.05) is 28.7 Å². The predicted molar refractivity (Wildman–Crippen MR) is 159 cm³/mol. The first-order valence-electron chi connectivity index (χ1n) is 13.4. The molecular formula is C33H28FN3O3S. The summed E-state index contributed by atoms with van der Waals surface area (Å²) >= 11 is 1.31. The van der Waals surface area contributed by atoms with Crippen LogP contribution in [0.3, 0.4) is 0 Å². The lowest BCUT2D eigenvalue weighted by molar-refractivity contribution is -0.139. The van der Waals surface area contributed by atoms with Gasteiger partial charge in [0.05, 0.1) is 28.5 Å². The topological polar surface area (TPSA) is 65.6 Å². The third-order valence-corrected chi connectivity index (χ3v) is 8.42. The fourth-order valence-corrected chi connectivity index (χ4v) is 6.52. The summed E-state index contributed by atoms with van der Waals surface area (Å²) in [6.07, 6.45) is 1.92. The van der Waals surface area contributed by atoms with Crippen molar-refractivity contribution in [3.8, 4) is 0 Å². The minimum Gasteiger partial charge on any atom is -0.463 e. The van der Waals surface area contributed by atoms with E-state index in [1.807, 2.05) is 61.5 Å². The highest BCUT2D eigenvalue weighted by Gasteiger charge is 2.33. The number of nitrogens with zero attached hydrogens (tertiary/aromatic N) is 3. The van der Waals surface area contributed by atoms with Gasteiger partial charge in [-0.25, -0.2) is 14.2 Å². The summed E-state index contributed by atoms with van der Waals surface area (Å²) in [6.45, 7) is 6.37. The molecule has 0 spiro atoms. The van der Waals surface area contributed by atoms with Crippen molar-refractivity contribution >= 4 is 34.3 Å². The number of fused-ring (bicyclic) bond motifs is 2. The lowest BCUT2D eigenvalue weighted by Crippen LogP contribution is -2.39. The lowest BCUT2D eigenvalue weighted by Gasteiger charge is -2.24. The molecule has 1 atom stereocenters. The van der Waals surface area contributed by atoms with Crippen LogP contribution in [0.25, 0.3) is 17.0 Å². The second-order valence-electron chi connectivity index (χ2n) is 9.94. The Hall–Kier alpha value is -4.56. The average Bonchev–Trinajstić information content (AvgIpc) is 3.42. The van der Waals surface area contributed by atoms with Gasteiger partial charge < -0.3 is 9.30 Å². The highest BCUT2D eigenvalue weighted by atomic mass is 32.1. The van der Waals surface area contributed by atoms with E-state index < -0.39 is 12.0 Å². The molecule has 2 aromatic heterocycles. The molecule has 6 nitrogen and oxygen atoms in total. The van der Waals surface area contributed by atoms with Crippen molar-refractivity contribution in [2.75, 3.05) is 6.61 Å². The first-order chi connectivity index (χ1) is 19.9. The Morgan fingerprint density at radius 2 is 1.73 bits per heavy atom. The number of carbonyl (C=O) groups excluding carboxylic acids is 1. The SMILES string of the molecule is CCOC(=O)C1=C(C)N=c2s/c(=C\c3c(C)n(Cc4ccc(F)cc4)c4ccccc34)c(=O)n2[C@@H]1c1ccccc1. The number of halogens is 1. The zero-order valence-corrected chi connectivity index (χ0v) is 23.7. The maximum absolute atomic E-state index is 14.1. The Labute approximate surface area is 240 Å². The van der Waals surface area contributed by atoms with Gasteiger partial charge in [-0.2, -0.15) is 0 Å². The van der Waals surface area contributed by atoms with Crippen LogP contribution in [0.15, 0.2) is 99.9 Å². The Morgan fingerprint density at radius 1 is 1.02 bits per heavy atom. The zero-order valence-electron chi connectivity index (χ0n) is 22.9. The number of benzene rings is 3. The van der Waals surface area contributed by atoms with E-state index in [0.29, 0.717) is 27.1 Å². The molecule has 3 aromatic carbocycles. The van der Waals surface area contributed by atoms with E-state index >= 15 is 0 Å². The standard InChI is InChI=1S/C33H28FN3O3S/c1-4-40-32(39)29-20(2)35-33-37(30(29)23-10-6-5-7-11-23)31(38)28(41-33)18-26-21(3)36(27-13-9-8-12-25(26)27)19-22-14-16-24(34)17-15-22/h5-18,30H,4,19H2,1-3H3/b28-18-/t30-/m1/s1. The van der Waals surface area contributed by atoms with Crippen molar-refractivity contribution < 1.29 is 13.9 Å². The third kappa shape index (κ3) is 4.74. The van der Waals surface area contributed by atoms with Gasteiger partial charge in [0.1, 0.15) is 5.82 Å². The first-order valence-corrected chi connectivity index (χ1v) is 14.3. The van der Waals surface area contributed by atoms with Crippen molar-refractivity contribution in [3.63, 3.8) is 0 Å². The number of allylic oxidation sites excluding steroid dienone is 1. The van der Waals surface area contributed by atoms with Crippen LogP contribution in [0.2, 0.25) is 0 Å². The van der Waals surface area contributed by atoms with Crippen molar-refractivity contribution in [2.24, 2.45) is 4.99 Å². The van der Waals surface area contributed by atoms with Crippen molar-refractivity contribution in [2.45, 2.75) is 33.4 Å². The van der Waals surface area contributed by atoms with Gasteiger partial charge in [-0.15, -0.1) is 0 Å². The number of ether oxygens (including phenoxy) is 1. The predicted octanol–water partition coefficient (Wildman–Crippen LogP) is 5.25. The van der Waals surface area contributed by atoms with Crippen molar-refractivity contribution in [3.05, 3.63) is 138 Å².